The number of amides is 2. The molecule has 0 saturated carbocycles. The van der Waals surface area contributed by atoms with Gasteiger partial charge in [-0.15, -0.1) is 0 Å². The highest BCUT2D eigenvalue weighted by Crippen LogP contribution is 1.97. The lowest BCUT2D eigenvalue weighted by molar-refractivity contribution is -0.131. The summed E-state index contributed by atoms with van der Waals surface area (Å²) in [7, 11) is 0. The first-order chi connectivity index (χ1) is 6.86. The first kappa shape index (κ1) is 13.9. The lowest BCUT2D eigenvalue weighted by atomic mass is 10.2. The van der Waals surface area contributed by atoms with E-state index in [2.05, 4.69) is 5.32 Å². The summed E-state index contributed by atoms with van der Waals surface area (Å²) in [6, 6.07) is 0.179. The van der Waals surface area contributed by atoms with E-state index in [4.69, 9.17) is 0 Å². The third-order valence-electron chi connectivity index (χ3n) is 2.20. The Balaban J connectivity index is 3.92. The first-order valence-corrected chi connectivity index (χ1v) is 5.41. The molecule has 0 aromatic rings. The van der Waals surface area contributed by atoms with Gasteiger partial charge in [-0.3, -0.25) is 9.59 Å². The number of hydrogen-bond acceptors (Lipinski definition) is 2. The number of carbonyl (C=O) groups is 2. The highest BCUT2D eigenvalue weighted by molar-refractivity contribution is 5.78. The van der Waals surface area contributed by atoms with Crippen LogP contribution in [0.1, 0.15) is 34.6 Å². The van der Waals surface area contributed by atoms with Crippen molar-refractivity contribution in [1.82, 2.24) is 10.2 Å². The Hall–Kier alpha value is -1.06. The quantitative estimate of drug-likeness (QED) is 0.742. The molecular weight excluding hydrogens is 192 g/mol. The molecule has 0 radical (unpaired) electrons. The summed E-state index contributed by atoms with van der Waals surface area (Å²) in [5.74, 6) is 0.0703. The van der Waals surface area contributed by atoms with Gasteiger partial charge in [0.05, 0.1) is 0 Å². The van der Waals surface area contributed by atoms with E-state index in [0.717, 1.165) is 0 Å². The third kappa shape index (κ3) is 5.40. The van der Waals surface area contributed by atoms with Gasteiger partial charge in [0, 0.05) is 32.0 Å². The fourth-order valence-corrected chi connectivity index (χ4v) is 1.28. The second-order valence-corrected chi connectivity index (χ2v) is 4.25. The lowest BCUT2D eigenvalue weighted by Gasteiger charge is -2.25. The van der Waals surface area contributed by atoms with E-state index in [-0.39, 0.29) is 23.8 Å². The molecule has 0 saturated heterocycles. The molecule has 0 fully saturated rings. The van der Waals surface area contributed by atoms with Crippen molar-refractivity contribution in [3.05, 3.63) is 0 Å². The Morgan fingerprint density at radius 2 is 1.73 bits per heavy atom. The zero-order chi connectivity index (χ0) is 12.0. The lowest BCUT2D eigenvalue weighted by Crippen LogP contribution is -2.42. The van der Waals surface area contributed by atoms with Crippen LogP contribution in [-0.4, -0.2) is 35.8 Å². The van der Waals surface area contributed by atoms with Crippen molar-refractivity contribution in [2.75, 3.05) is 13.1 Å². The minimum Gasteiger partial charge on any atom is -0.354 e. The van der Waals surface area contributed by atoms with Crippen LogP contribution in [-0.2, 0) is 9.59 Å². The van der Waals surface area contributed by atoms with Crippen LogP contribution in [0.5, 0.6) is 0 Å². The van der Waals surface area contributed by atoms with E-state index in [1.54, 1.807) is 11.8 Å². The standard InChI is InChI=1S/C11H22N2O2/c1-8(2)11(15)12-6-7-13(9(3)4)10(5)14/h8-9H,6-7H2,1-5H3,(H,12,15). The van der Waals surface area contributed by atoms with Gasteiger partial charge in [-0.2, -0.15) is 0 Å². The SMILES string of the molecule is CC(=O)N(CCNC(=O)C(C)C)C(C)C. The smallest absolute Gasteiger partial charge is 0.222 e. The second-order valence-electron chi connectivity index (χ2n) is 4.25. The highest BCUT2D eigenvalue weighted by Gasteiger charge is 2.12. The average Bonchev–Trinajstić information content (AvgIpc) is 2.10. The molecule has 0 rings (SSSR count). The van der Waals surface area contributed by atoms with E-state index in [1.165, 1.54) is 0 Å². The highest BCUT2D eigenvalue weighted by atomic mass is 16.2. The van der Waals surface area contributed by atoms with Crippen molar-refractivity contribution in [3.8, 4) is 0 Å². The number of hydrogen-bond donors (Lipinski definition) is 1. The van der Waals surface area contributed by atoms with Crippen LogP contribution in [0.3, 0.4) is 0 Å². The Bertz CT molecular complexity index is 225. The minimum absolute atomic E-state index is 0.00479. The Kier molecular flexibility index (Phi) is 5.97. The van der Waals surface area contributed by atoms with Crippen LogP contribution in [0.25, 0.3) is 0 Å². The molecule has 4 nitrogen and oxygen atoms in total. The Morgan fingerprint density at radius 1 is 1.20 bits per heavy atom. The zero-order valence-corrected chi connectivity index (χ0v) is 10.3. The summed E-state index contributed by atoms with van der Waals surface area (Å²) in [5.41, 5.74) is 0. The van der Waals surface area contributed by atoms with Gasteiger partial charge in [0.1, 0.15) is 0 Å². The van der Waals surface area contributed by atoms with Crippen molar-refractivity contribution >= 4 is 11.8 Å². The topological polar surface area (TPSA) is 49.4 Å². The molecule has 0 bridgehead atoms. The van der Waals surface area contributed by atoms with Crippen LogP contribution in [0.4, 0.5) is 0 Å². The van der Waals surface area contributed by atoms with Gasteiger partial charge in [-0.05, 0) is 13.8 Å². The molecule has 0 aromatic heterocycles. The summed E-state index contributed by atoms with van der Waals surface area (Å²) in [6.45, 7) is 10.3. The van der Waals surface area contributed by atoms with Crippen LogP contribution in [0.2, 0.25) is 0 Å². The maximum absolute atomic E-state index is 11.2. The van der Waals surface area contributed by atoms with Gasteiger partial charge in [0.25, 0.3) is 0 Å². The Labute approximate surface area is 92.0 Å². The fraction of sp³-hybridized carbons (Fsp3) is 0.818. The number of rotatable bonds is 5. The predicted octanol–water partition coefficient (Wildman–Crippen LogP) is 1.02. The predicted molar refractivity (Wildman–Crippen MR) is 60.4 cm³/mol. The van der Waals surface area contributed by atoms with Gasteiger partial charge in [0.15, 0.2) is 0 Å². The monoisotopic (exact) mass is 214 g/mol. The molecule has 0 atom stereocenters. The van der Waals surface area contributed by atoms with Crippen molar-refractivity contribution in [1.29, 1.82) is 0 Å². The first-order valence-electron chi connectivity index (χ1n) is 5.41. The van der Waals surface area contributed by atoms with E-state index in [9.17, 15) is 9.59 Å². The Morgan fingerprint density at radius 3 is 2.07 bits per heavy atom. The van der Waals surface area contributed by atoms with Crippen molar-refractivity contribution in [2.45, 2.75) is 40.7 Å². The van der Waals surface area contributed by atoms with Crippen LogP contribution in [0.15, 0.2) is 0 Å². The van der Waals surface area contributed by atoms with Crippen molar-refractivity contribution < 1.29 is 9.59 Å². The molecule has 0 aliphatic rings. The summed E-state index contributed by atoms with van der Waals surface area (Å²) < 4.78 is 0. The van der Waals surface area contributed by atoms with Gasteiger partial charge in [-0.1, -0.05) is 13.8 Å². The molecule has 0 spiro atoms. The van der Waals surface area contributed by atoms with Crippen molar-refractivity contribution in [2.24, 2.45) is 5.92 Å². The largest absolute Gasteiger partial charge is 0.354 e. The van der Waals surface area contributed by atoms with Crippen LogP contribution < -0.4 is 5.32 Å². The fourth-order valence-electron chi connectivity index (χ4n) is 1.28. The molecule has 2 amide bonds. The molecule has 0 aliphatic carbocycles. The molecule has 88 valence electrons. The molecule has 0 unspecified atom stereocenters. The summed E-state index contributed by atoms with van der Waals surface area (Å²) in [6.07, 6.45) is 0. The second kappa shape index (κ2) is 6.43. The third-order valence-corrected chi connectivity index (χ3v) is 2.20. The molecule has 0 aliphatic heterocycles. The maximum Gasteiger partial charge on any atom is 0.222 e. The van der Waals surface area contributed by atoms with Crippen molar-refractivity contribution in [3.63, 3.8) is 0 Å². The van der Waals surface area contributed by atoms with Gasteiger partial charge < -0.3 is 10.2 Å². The molecule has 15 heavy (non-hydrogen) atoms. The molecule has 0 aromatic carbocycles. The van der Waals surface area contributed by atoms with Crippen LogP contribution in [0, 0.1) is 5.92 Å². The molecule has 1 N–H and O–H groups in total. The molecule has 0 heterocycles. The summed E-state index contributed by atoms with van der Waals surface area (Å²) >= 11 is 0. The number of carbonyl (C=O) groups excluding carboxylic acids is 2. The number of nitrogens with one attached hydrogen (secondary N) is 1. The van der Waals surface area contributed by atoms with Gasteiger partial charge in [0.2, 0.25) is 11.8 Å². The normalized spacial score (nSPS) is 10.6. The van der Waals surface area contributed by atoms with E-state index >= 15 is 0 Å². The van der Waals surface area contributed by atoms with E-state index < -0.39 is 0 Å². The van der Waals surface area contributed by atoms with Crippen LogP contribution >= 0.6 is 0 Å². The number of nitrogens with zero attached hydrogens (tertiary/aromatic N) is 1. The van der Waals surface area contributed by atoms with E-state index in [0.29, 0.717) is 13.1 Å². The average molecular weight is 214 g/mol. The maximum atomic E-state index is 11.2. The zero-order valence-electron chi connectivity index (χ0n) is 10.3. The molecule has 4 heteroatoms. The summed E-state index contributed by atoms with van der Waals surface area (Å²) in [5, 5.41) is 2.79. The summed E-state index contributed by atoms with van der Waals surface area (Å²) in [4.78, 5) is 24.2. The van der Waals surface area contributed by atoms with Gasteiger partial charge >= 0.3 is 0 Å². The molecular formula is C11H22N2O2. The van der Waals surface area contributed by atoms with E-state index in [1.807, 2.05) is 27.7 Å². The minimum atomic E-state index is -0.00479. The van der Waals surface area contributed by atoms with Gasteiger partial charge in [-0.25, -0.2) is 0 Å².